The maximum absolute atomic E-state index is 11.9. The molecule has 1 aliphatic rings. The molecular weight excluding hydrogens is 344 g/mol. The van der Waals surface area contributed by atoms with Crippen LogP contribution in [0.2, 0.25) is 0 Å². The fourth-order valence-corrected chi connectivity index (χ4v) is 4.52. The van der Waals surface area contributed by atoms with Crippen molar-refractivity contribution < 1.29 is 12.8 Å². The second kappa shape index (κ2) is 5.96. The largest absolute Gasteiger partial charge is 0.461 e. The molecule has 1 N–H and O–H groups in total. The van der Waals surface area contributed by atoms with Crippen molar-refractivity contribution >= 4 is 15.8 Å². The number of nitrogens with zero attached hydrogens (tertiary/aromatic N) is 5. The van der Waals surface area contributed by atoms with Crippen LogP contribution >= 0.6 is 0 Å². The Morgan fingerprint density at radius 1 is 1.32 bits per heavy atom. The summed E-state index contributed by atoms with van der Waals surface area (Å²) in [5, 5.41) is 7.35. The highest BCUT2D eigenvalue weighted by Crippen LogP contribution is 2.30. The molecular formula is C15H16N6O3S. The summed E-state index contributed by atoms with van der Waals surface area (Å²) in [7, 11) is -1.32. The first kappa shape index (κ1) is 15.8. The Morgan fingerprint density at radius 3 is 2.72 bits per heavy atom. The first-order chi connectivity index (χ1) is 12.1. The van der Waals surface area contributed by atoms with E-state index in [4.69, 9.17) is 4.42 Å². The van der Waals surface area contributed by atoms with Gasteiger partial charge in [0.15, 0.2) is 21.4 Å². The lowest BCUT2D eigenvalue weighted by Gasteiger charge is -2.11. The average Bonchev–Trinajstić information content (AvgIpc) is 3.33. The van der Waals surface area contributed by atoms with E-state index in [0.29, 0.717) is 35.3 Å². The van der Waals surface area contributed by atoms with Gasteiger partial charge in [-0.15, -0.1) is 5.10 Å². The Morgan fingerprint density at radius 2 is 2.12 bits per heavy atom. The Hall–Kier alpha value is -2.75. The molecule has 0 aliphatic carbocycles. The Balaban J connectivity index is 1.80. The molecule has 10 heteroatoms. The minimum Gasteiger partial charge on any atom is -0.461 e. The van der Waals surface area contributed by atoms with Crippen LogP contribution in [0.3, 0.4) is 0 Å². The van der Waals surface area contributed by atoms with Crippen LogP contribution in [0.1, 0.15) is 12.5 Å². The minimum absolute atomic E-state index is 0.0520. The molecule has 9 nitrogen and oxygen atoms in total. The van der Waals surface area contributed by atoms with Gasteiger partial charge in [-0.2, -0.15) is 0 Å². The Labute approximate surface area is 144 Å². The summed E-state index contributed by atoms with van der Waals surface area (Å²) in [5.41, 5.74) is 0.661. The van der Waals surface area contributed by atoms with E-state index >= 15 is 0 Å². The molecule has 3 aromatic heterocycles. The van der Waals surface area contributed by atoms with Crippen LogP contribution in [0.4, 0.5) is 5.95 Å². The van der Waals surface area contributed by atoms with E-state index < -0.39 is 9.84 Å². The van der Waals surface area contributed by atoms with Crippen LogP contribution in [0.15, 0.2) is 35.2 Å². The first-order valence-electron chi connectivity index (χ1n) is 7.77. The number of rotatable bonds is 4. The van der Waals surface area contributed by atoms with Gasteiger partial charge in [0.05, 0.1) is 29.4 Å². The van der Waals surface area contributed by atoms with Crippen LogP contribution in [0.25, 0.3) is 23.0 Å². The third-order valence-electron chi connectivity index (χ3n) is 4.06. The van der Waals surface area contributed by atoms with Crippen molar-refractivity contribution in [3.8, 4) is 23.0 Å². The number of furan rings is 1. The van der Waals surface area contributed by atoms with Crippen molar-refractivity contribution in [1.29, 1.82) is 0 Å². The predicted molar refractivity (Wildman–Crippen MR) is 90.6 cm³/mol. The lowest BCUT2D eigenvalue weighted by atomic mass is 10.2. The standard InChI is InChI=1S/C15H16N6O3S/c1-16-15-17-7-10(8-18-15)14-19-13(12-3-2-5-24-12)20-21(14)11-4-6-25(22,23)9-11/h2-3,5,7-8,11H,4,6,9H2,1H3,(H,16,17,18). The number of hydrogen-bond donors (Lipinski definition) is 1. The number of hydrogen-bond acceptors (Lipinski definition) is 8. The van der Waals surface area contributed by atoms with Crippen LogP contribution in [0.5, 0.6) is 0 Å². The van der Waals surface area contributed by atoms with Crippen LogP contribution in [0, 0.1) is 0 Å². The number of nitrogens with one attached hydrogen (secondary N) is 1. The summed E-state index contributed by atoms with van der Waals surface area (Å²) in [4.78, 5) is 12.9. The Kier molecular flexibility index (Phi) is 3.75. The molecule has 0 radical (unpaired) electrons. The van der Waals surface area contributed by atoms with Gasteiger partial charge in [-0.3, -0.25) is 0 Å². The molecule has 1 saturated heterocycles. The summed E-state index contributed by atoms with van der Waals surface area (Å²) in [6.45, 7) is 0. The van der Waals surface area contributed by atoms with Crippen molar-refractivity contribution in [1.82, 2.24) is 24.7 Å². The van der Waals surface area contributed by atoms with Gasteiger partial charge in [-0.1, -0.05) is 0 Å². The molecule has 1 unspecified atom stereocenters. The van der Waals surface area contributed by atoms with Gasteiger partial charge in [-0.25, -0.2) is 28.1 Å². The zero-order chi connectivity index (χ0) is 17.4. The molecule has 4 rings (SSSR count). The molecule has 0 bridgehead atoms. The Bertz CT molecular complexity index is 979. The summed E-state index contributed by atoms with van der Waals surface area (Å²) < 4.78 is 30.8. The van der Waals surface area contributed by atoms with Crippen molar-refractivity contribution in [2.75, 3.05) is 23.9 Å². The highest BCUT2D eigenvalue weighted by molar-refractivity contribution is 7.91. The third-order valence-corrected chi connectivity index (χ3v) is 5.81. The quantitative estimate of drug-likeness (QED) is 0.742. The third kappa shape index (κ3) is 3.00. The molecule has 1 fully saturated rings. The van der Waals surface area contributed by atoms with Gasteiger partial charge < -0.3 is 9.73 Å². The van der Waals surface area contributed by atoms with Gasteiger partial charge in [0.2, 0.25) is 11.8 Å². The maximum atomic E-state index is 11.9. The highest BCUT2D eigenvalue weighted by atomic mass is 32.2. The molecule has 4 heterocycles. The molecule has 25 heavy (non-hydrogen) atoms. The molecule has 1 atom stereocenters. The van der Waals surface area contributed by atoms with Crippen LogP contribution in [-0.4, -0.2) is 51.7 Å². The monoisotopic (exact) mass is 360 g/mol. The lowest BCUT2D eigenvalue weighted by Crippen LogP contribution is -2.14. The van der Waals surface area contributed by atoms with E-state index in [0.717, 1.165) is 0 Å². The topological polar surface area (TPSA) is 116 Å². The minimum atomic E-state index is -3.05. The summed E-state index contributed by atoms with van der Waals surface area (Å²) in [6.07, 6.45) is 5.32. The molecule has 0 spiro atoms. The molecule has 3 aromatic rings. The average molecular weight is 360 g/mol. The van der Waals surface area contributed by atoms with E-state index in [1.165, 1.54) is 0 Å². The normalized spacial score (nSPS) is 19.2. The number of sulfone groups is 1. The van der Waals surface area contributed by atoms with E-state index in [9.17, 15) is 8.42 Å². The molecule has 1 aliphatic heterocycles. The molecule has 0 amide bonds. The van der Waals surface area contributed by atoms with Gasteiger partial charge in [-0.05, 0) is 18.6 Å². The second-order valence-corrected chi connectivity index (χ2v) is 8.01. The van der Waals surface area contributed by atoms with E-state index in [-0.39, 0.29) is 17.5 Å². The SMILES string of the molecule is CNc1ncc(-c2nc(-c3ccco3)nn2C2CCS(=O)(=O)C2)cn1. The zero-order valence-electron chi connectivity index (χ0n) is 13.5. The first-order valence-corrected chi connectivity index (χ1v) is 9.59. The predicted octanol–water partition coefficient (Wildman–Crippen LogP) is 1.40. The maximum Gasteiger partial charge on any atom is 0.222 e. The van der Waals surface area contributed by atoms with Crippen LogP contribution in [-0.2, 0) is 9.84 Å². The summed E-state index contributed by atoms with van der Waals surface area (Å²) in [5.74, 6) is 2.15. The van der Waals surface area contributed by atoms with E-state index in [2.05, 4.69) is 25.4 Å². The molecule has 0 saturated carbocycles. The highest BCUT2D eigenvalue weighted by Gasteiger charge is 2.32. The van der Waals surface area contributed by atoms with Gasteiger partial charge >= 0.3 is 0 Å². The fraction of sp³-hybridized carbons (Fsp3) is 0.333. The fourth-order valence-electron chi connectivity index (χ4n) is 2.83. The number of anilines is 1. The summed E-state index contributed by atoms with van der Waals surface area (Å²) in [6, 6.07) is 3.25. The van der Waals surface area contributed by atoms with Gasteiger partial charge in [0, 0.05) is 19.4 Å². The number of aromatic nitrogens is 5. The van der Waals surface area contributed by atoms with E-state index in [1.807, 2.05) is 0 Å². The molecule has 130 valence electrons. The van der Waals surface area contributed by atoms with Gasteiger partial charge in [0.25, 0.3) is 0 Å². The van der Waals surface area contributed by atoms with Crippen molar-refractivity contribution in [2.45, 2.75) is 12.5 Å². The van der Waals surface area contributed by atoms with E-state index in [1.54, 1.807) is 42.5 Å². The second-order valence-electron chi connectivity index (χ2n) is 5.78. The van der Waals surface area contributed by atoms with Crippen molar-refractivity contribution in [3.63, 3.8) is 0 Å². The smallest absolute Gasteiger partial charge is 0.222 e. The summed E-state index contributed by atoms with van der Waals surface area (Å²) >= 11 is 0. The van der Waals surface area contributed by atoms with Crippen molar-refractivity contribution in [3.05, 3.63) is 30.8 Å². The van der Waals surface area contributed by atoms with Crippen LogP contribution < -0.4 is 5.32 Å². The van der Waals surface area contributed by atoms with Crippen molar-refractivity contribution in [2.24, 2.45) is 0 Å². The van der Waals surface area contributed by atoms with Gasteiger partial charge in [0.1, 0.15) is 0 Å². The zero-order valence-corrected chi connectivity index (χ0v) is 14.3. The molecule has 0 aromatic carbocycles. The lowest BCUT2D eigenvalue weighted by molar-refractivity contribution is 0.502.